The van der Waals surface area contributed by atoms with Gasteiger partial charge >= 0.3 is 0 Å². The summed E-state index contributed by atoms with van der Waals surface area (Å²) < 4.78 is 0. The molecule has 1 amide bonds. The van der Waals surface area contributed by atoms with Crippen LogP contribution < -0.4 is 5.32 Å². The molecule has 1 aromatic rings. The van der Waals surface area contributed by atoms with Gasteiger partial charge in [0.2, 0.25) is 0 Å². The van der Waals surface area contributed by atoms with E-state index in [0.29, 0.717) is 16.6 Å². The minimum atomic E-state index is -0.0819. The van der Waals surface area contributed by atoms with E-state index in [1.54, 1.807) is 18.2 Å². The molecule has 1 aromatic carbocycles. The summed E-state index contributed by atoms with van der Waals surface area (Å²) in [5.41, 5.74) is 0.535. The van der Waals surface area contributed by atoms with Crippen LogP contribution in [0.4, 0.5) is 0 Å². The fourth-order valence-corrected chi connectivity index (χ4v) is 1.30. The Labute approximate surface area is 81.9 Å². The van der Waals surface area contributed by atoms with Crippen LogP contribution in [0.15, 0.2) is 18.2 Å². The third kappa shape index (κ3) is 2.01. The van der Waals surface area contributed by atoms with E-state index in [-0.39, 0.29) is 5.91 Å². The molecule has 0 aromatic heterocycles. The van der Waals surface area contributed by atoms with Crippen LogP contribution in [0.2, 0.25) is 5.02 Å². The van der Waals surface area contributed by atoms with Gasteiger partial charge in [-0.3, -0.25) is 4.79 Å². The zero-order valence-corrected chi connectivity index (χ0v) is 7.77. The third-order valence-electron chi connectivity index (χ3n) is 1.97. The summed E-state index contributed by atoms with van der Waals surface area (Å²) in [5.74, 6) is -0.0819. The van der Waals surface area contributed by atoms with E-state index in [9.17, 15) is 4.79 Å². The second-order valence-electron chi connectivity index (χ2n) is 3.15. The number of rotatable bonds is 2. The lowest BCUT2D eigenvalue weighted by Gasteiger charge is -2.03. The maximum Gasteiger partial charge on any atom is 0.253 e. The Morgan fingerprint density at radius 3 is 3.00 bits per heavy atom. The van der Waals surface area contributed by atoms with Crippen molar-refractivity contribution in [3.05, 3.63) is 34.9 Å². The molecule has 67 valence electrons. The van der Waals surface area contributed by atoms with E-state index in [4.69, 9.17) is 11.6 Å². The number of halogens is 1. The minimum absolute atomic E-state index is 0.0819. The van der Waals surface area contributed by atoms with E-state index >= 15 is 0 Å². The number of nitrogens with one attached hydrogen (secondary N) is 1. The van der Waals surface area contributed by atoms with E-state index in [1.165, 1.54) is 0 Å². The molecule has 0 unspecified atom stereocenters. The van der Waals surface area contributed by atoms with E-state index in [1.807, 2.05) is 0 Å². The first kappa shape index (κ1) is 8.57. The lowest BCUT2D eigenvalue weighted by molar-refractivity contribution is 0.0951. The third-order valence-corrected chi connectivity index (χ3v) is 2.28. The van der Waals surface area contributed by atoms with Crippen molar-refractivity contribution in [1.82, 2.24) is 5.32 Å². The zero-order valence-electron chi connectivity index (χ0n) is 7.01. The van der Waals surface area contributed by atoms with Gasteiger partial charge in [-0.25, -0.2) is 0 Å². The molecular weight excluding hydrogens is 186 g/mol. The molecule has 0 atom stereocenters. The van der Waals surface area contributed by atoms with E-state index in [2.05, 4.69) is 11.4 Å². The quantitative estimate of drug-likeness (QED) is 0.767. The Balaban J connectivity index is 2.13. The Bertz CT molecular complexity index is 333. The van der Waals surface area contributed by atoms with Crippen molar-refractivity contribution >= 4 is 17.5 Å². The molecule has 1 fully saturated rings. The number of carbonyl (C=O) groups excluding carboxylic acids is 1. The predicted octanol–water partition coefficient (Wildman–Crippen LogP) is 2.03. The molecule has 1 saturated carbocycles. The van der Waals surface area contributed by atoms with Gasteiger partial charge < -0.3 is 5.32 Å². The zero-order chi connectivity index (χ0) is 9.26. The largest absolute Gasteiger partial charge is 0.349 e. The molecule has 0 saturated heterocycles. The van der Waals surface area contributed by atoms with Gasteiger partial charge in [0.05, 0.1) is 10.6 Å². The number of hydrogen-bond acceptors (Lipinski definition) is 1. The molecule has 3 heteroatoms. The first-order chi connectivity index (χ1) is 6.27. The van der Waals surface area contributed by atoms with Gasteiger partial charge in [0.15, 0.2) is 0 Å². The minimum Gasteiger partial charge on any atom is -0.349 e. The molecule has 1 aliphatic carbocycles. The van der Waals surface area contributed by atoms with Crippen LogP contribution >= 0.6 is 11.6 Å². The molecule has 0 heterocycles. The van der Waals surface area contributed by atoms with Crippen LogP contribution in [0.3, 0.4) is 0 Å². The van der Waals surface area contributed by atoms with Gasteiger partial charge in [-0.2, -0.15) is 0 Å². The van der Waals surface area contributed by atoms with Gasteiger partial charge in [-0.1, -0.05) is 17.7 Å². The van der Waals surface area contributed by atoms with Crippen LogP contribution in [0, 0.1) is 6.07 Å². The van der Waals surface area contributed by atoms with Crippen molar-refractivity contribution in [2.24, 2.45) is 0 Å². The van der Waals surface area contributed by atoms with E-state index < -0.39 is 0 Å². The molecule has 2 nitrogen and oxygen atoms in total. The number of amides is 1. The topological polar surface area (TPSA) is 29.1 Å². The van der Waals surface area contributed by atoms with Gasteiger partial charge in [0.1, 0.15) is 0 Å². The van der Waals surface area contributed by atoms with Crippen LogP contribution in [-0.4, -0.2) is 11.9 Å². The van der Waals surface area contributed by atoms with Gasteiger partial charge in [-0.05, 0) is 31.0 Å². The first-order valence-corrected chi connectivity index (χ1v) is 4.61. The molecule has 1 radical (unpaired) electrons. The van der Waals surface area contributed by atoms with Crippen LogP contribution in [0.1, 0.15) is 23.2 Å². The molecular formula is C10H9ClNO. The van der Waals surface area contributed by atoms with Crippen LogP contribution in [0.5, 0.6) is 0 Å². The molecule has 0 bridgehead atoms. The lowest BCUT2D eigenvalue weighted by Crippen LogP contribution is -2.25. The Kier molecular flexibility index (Phi) is 2.23. The van der Waals surface area contributed by atoms with Gasteiger partial charge in [-0.15, -0.1) is 0 Å². The summed E-state index contributed by atoms with van der Waals surface area (Å²) in [6.07, 6.45) is 2.17. The summed E-state index contributed by atoms with van der Waals surface area (Å²) >= 11 is 5.83. The van der Waals surface area contributed by atoms with Crippen molar-refractivity contribution in [2.75, 3.05) is 0 Å². The normalized spacial score (nSPS) is 15.5. The second kappa shape index (κ2) is 3.38. The average Bonchev–Trinajstić information content (AvgIpc) is 2.89. The highest BCUT2D eigenvalue weighted by molar-refractivity contribution is 6.33. The van der Waals surface area contributed by atoms with Crippen molar-refractivity contribution in [2.45, 2.75) is 18.9 Å². The van der Waals surface area contributed by atoms with Crippen LogP contribution in [0.25, 0.3) is 0 Å². The number of carbonyl (C=O) groups is 1. The summed E-state index contributed by atoms with van der Waals surface area (Å²) in [7, 11) is 0. The van der Waals surface area contributed by atoms with E-state index in [0.717, 1.165) is 12.8 Å². The fraction of sp³-hybridized carbons (Fsp3) is 0.300. The second-order valence-corrected chi connectivity index (χ2v) is 3.56. The Morgan fingerprint density at radius 2 is 2.38 bits per heavy atom. The monoisotopic (exact) mass is 194 g/mol. The summed E-state index contributed by atoms with van der Waals surface area (Å²) in [6, 6.07) is 8.15. The predicted molar refractivity (Wildman–Crippen MR) is 50.8 cm³/mol. The summed E-state index contributed by atoms with van der Waals surface area (Å²) in [5, 5.41) is 3.33. The number of hydrogen-bond donors (Lipinski definition) is 1. The SMILES string of the molecule is O=C(NC1CC1)c1cc[c]cc1Cl. The molecule has 0 aliphatic heterocycles. The standard InChI is InChI=1S/C10H9ClNO/c11-9-4-2-1-3-8(9)10(13)12-7-5-6-7/h1,3-4,7H,5-6H2,(H,12,13). The molecule has 0 spiro atoms. The van der Waals surface area contributed by atoms with Crippen molar-refractivity contribution in [3.8, 4) is 0 Å². The Hall–Kier alpha value is -1.02. The highest BCUT2D eigenvalue weighted by Gasteiger charge is 2.24. The summed E-state index contributed by atoms with van der Waals surface area (Å²) in [4.78, 5) is 11.5. The van der Waals surface area contributed by atoms with Gasteiger partial charge in [0, 0.05) is 6.04 Å². The van der Waals surface area contributed by atoms with Gasteiger partial charge in [0.25, 0.3) is 5.91 Å². The Morgan fingerprint density at radius 1 is 1.62 bits per heavy atom. The van der Waals surface area contributed by atoms with Crippen molar-refractivity contribution < 1.29 is 4.79 Å². The molecule has 13 heavy (non-hydrogen) atoms. The maximum atomic E-state index is 11.5. The van der Waals surface area contributed by atoms with Crippen LogP contribution in [-0.2, 0) is 0 Å². The lowest BCUT2D eigenvalue weighted by atomic mass is 10.2. The van der Waals surface area contributed by atoms with Crippen molar-refractivity contribution in [1.29, 1.82) is 0 Å². The maximum absolute atomic E-state index is 11.5. The molecule has 1 N–H and O–H groups in total. The first-order valence-electron chi connectivity index (χ1n) is 4.24. The smallest absolute Gasteiger partial charge is 0.253 e. The highest BCUT2D eigenvalue weighted by atomic mass is 35.5. The fourth-order valence-electron chi connectivity index (χ4n) is 1.09. The highest BCUT2D eigenvalue weighted by Crippen LogP contribution is 2.21. The average molecular weight is 195 g/mol. The number of benzene rings is 1. The molecule has 1 aliphatic rings. The summed E-state index contributed by atoms with van der Waals surface area (Å²) in [6.45, 7) is 0. The van der Waals surface area contributed by atoms with Crippen molar-refractivity contribution in [3.63, 3.8) is 0 Å². The molecule has 2 rings (SSSR count).